The normalized spacial score (nSPS) is 26.5. The zero-order valence-electron chi connectivity index (χ0n) is 13.0. The van der Waals surface area contributed by atoms with Crippen molar-refractivity contribution in [3.8, 4) is 0 Å². The summed E-state index contributed by atoms with van der Waals surface area (Å²) in [5, 5.41) is 9.37. The summed E-state index contributed by atoms with van der Waals surface area (Å²) in [5.74, 6) is -0.360. The van der Waals surface area contributed by atoms with Gasteiger partial charge in [0.15, 0.2) is 0 Å². The van der Waals surface area contributed by atoms with E-state index >= 15 is 0 Å². The van der Waals surface area contributed by atoms with Gasteiger partial charge in [-0.3, -0.25) is 14.5 Å². The highest BCUT2D eigenvalue weighted by atomic mass is 16.4. The van der Waals surface area contributed by atoms with E-state index in [0.29, 0.717) is 25.4 Å². The second-order valence-electron chi connectivity index (χ2n) is 6.18. The number of likely N-dealkylation sites (tertiary alicyclic amines) is 1. The van der Waals surface area contributed by atoms with E-state index in [9.17, 15) is 14.7 Å². The Morgan fingerprint density at radius 3 is 2.81 bits per heavy atom. The number of rotatable bonds is 5. The molecule has 1 saturated heterocycles. The van der Waals surface area contributed by atoms with E-state index in [0.717, 1.165) is 31.4 Å². The van der Waals surface area contributed by atoms with Crippen molar-refractivity contribution in [3.63, 3.8) is 0 Å². The van der Waals surface area contributed by atoms with Gasteiger partial charge in [-0.2, -0.15) is 0 Å². The molecule has 0 aromatic rings. The van der Waals surface area contributed by atoms with Gasteiger partial charge in [0.25, 0.3) is 0 Å². The van der Waals surface area contributed by atoms with Crippen LogP contribution in [0, 0.1) is 5.92 Å². The summed E-state index contributed by atoms with van der Waals surface area (Å²) < 4.78 is 0. The number of likely N-dealkylation sites (N-methyl/N-ethyl adjacent to an activating group) is 1. The Labute approximate surface area is 126 Å². The van der Waals surface area contributed by atoms with Crippen LogP contribution in [-0.2, 0) is 9.59 Å². The molecule has 2 unspecified atom stereocenters. The van der Waals surface area contributed by atoms with E-state index in [1.165, 1.54) is 0 Å². The number of amides is 1. The van der Waals surface area contributed by atoms with E-state index in [1.54, 1.807) is 0 Å². The highest BCUT2D eigenvalue weighted by molar-refractivity contribution is 5.81. The fourth-order valence-corrected chi connectivity index (χ4v) is 3.33. The maximum absolute atomic E-state index is 12.5. The van der Waals surface area contributed by atoms with Crippen molar-refractivity contribution in [2.45, 2.75) is 52.0 Å². The predicted octanol–water partition coefficient (Wildman–Crippen LogP) is 2.09. The van der Waals surface area contributed by atoms with Crippen molar-refractivity contribution in [1.29, 1.82) is 0 Å². The van der Waals surface area contributed by atoms with Crippen LogP contribution in [-0.4, -0.2) is 52.5 Å². The molecule has 2 atom stereocenters. The summed E-state index contributed by atoms with van der Waals surface area (Å²) in [6.45, 7) is 5.63. The van der Waals surface area contributed by atoms with Crippen molar-refractivity contribution in [2.75, 3.05) is 19.6 Å². The third-order valence-corrected chi connectivity index (χ3v) is 4.58. The quantitative estimate of drug-likeness (QED) is 0.843. The van der Waals surface area contributed by atoms with Gasteiger partial charge in [0.1, 0.15) is 6.04 Å². The Balaban J connectivity index is 2.01. The number of hydrogen-bond donors (Lipinski definition) is 1. The Hall–Kier alpha value is -1.36. The fraction of sp³-hybridized carbons (Fsp3) is 0.750. The molecule has 2 aliphatic rings. The lowest BCUT2D eigenvalue weighted by Gasteiger charge is -2.36. The van der Waals surface area contributed by atoms with Gasteiger partial charge < -0.3 is 10.0 Å². The number of hydrogen-bond acceptors (Lipinski definition) is 3. The second-order valence-corrected chi connectivity index (χ2v) is 6.18. The van der Waals surface area contributed by atoms with Crippen LogP contribution in [0.3, 0.4) is 0 Å². The standard InChI is InChI=1S/C16H26N2O3/c1-3-18(13-6-4-5-7-13)15(19)11-17-9-8-12(2)10-14(17)16(20)21/h6,12,14H,3-5,7-11H2,1-2H3,(H,20,21). The smallest absolute Gasteiger partial charge is 0.320 e. The van der Waals surface area contributed by atoms with Gasteiger partial charge in [-0.1, -0.05) is 13.0 Å². The van der Waals surface area contributed by atoms with Crippen LogP contribution in [0.15, 0.2) is 11.8 Å². The number of nitrogens with zero attached hydrogens (tertiary/aromatic N) is 2. The SMILES string of the molecule is CCN(C(=O)CN1CCC(C)CC1C(=O)O)C1=CCCC1. The van der Waals surface area contributed by atoms with Crippen LogP contribution < -0.4 is 0 Å². The summed E-state index contributed by atoms with van der Waals surface area (Å²) >= 11 is 0. The van der Waals surface area contributed by atoms with Gasteiger partial charge in [0.2, 0.25) is 5.91 Å². The number of aliphatic carboxylic acids is 1. The molecular formula is C16H26N2O3. The molecule has 5 nitrogen and oxygen atoms in total. The summed E-state index contributed by atoms with van der Waals surface area (Å²) in [4.78, 5) is 27.6. The van der Waals surface area contributed by atoms with Gasteiger partial charge in [-0.15, -0.1) is 0 Å². The Morgan fingerprint density at radius 2 is 2.24 bits per heavy atom. The van der Waals surface area contributed by atoms with Crippen LogP contribution in [0.2, 0.25) is 0 Å². The first-order valence-electron chi connectivity index (χ1n) is 7.99. The van der Waals surface area contributed by atoms with Gasteiger partial charge >= 0.3 is 5.97 Å². The number of allylic oxidation sites excluding steroid dienone is 2. The van der Waals surface area contributed by atoms with E-state index < -0.39 is 12.0 Å². The Morgan fingerprint density at radius 1 is 1.48 bits per heavy atom. The number of piperidine rings is 1. The molecule has 21 heavy (non-hydrogen) atoms. The zero-order valence-corrected chi connectivity index (χ0v) is 13.0. The molecule has 1 aliphatic carbocycles. The van der Waals surface area contributed by atoms with Crippen molar-refractivity contribution < 1.29 is 14.7 Å². The molecule has 0 aromatic heterocycles. The molecule has 1 N–H and O–H groups in total. The van der Waals surface area contributed by atoms with E-state index in [2.05, 4.69) is 13.0 Å². The fourth-order valence-electron chi connectivity index (χ4n) is 3.33. The second kappa shape index (κ2) is 7.07. The van der Waals surface area contributed by atoms with Crippen LogP contribution in [0.25, 0.3) is 0 Å². The highest BCUT2D eigenvalue weighted by Crippen LogP contribution is 2.25. The van der Waals surface area contributed by atoms with E-state index in [4.69, 9.17) is 0 Å². The number of carboxylic acids is 1. The van der Waals surface area contributed by atoms with E-state index in [-0.39, 0.29) is 12.5 Å². The highest BCUT2D eigenvalue weighted by Gasteiger charge is 2.33. The van der Waals surface area contributed by atoms with Crippen LogP contribution in [0.1, 0.15) is 46.0 Å². The van der Waals surface area contributed by atoms with Gasteiger partial charge in [-0.05, 0) is 51.5 Å². The molecule has 0 spiro atoms. The topological polar surface area (TPSA) is 60.9 Å². The molecule has 1 fully saturated rings. The minimum atomic E-state index is -0.808. The van der Waals surface area contributed by atoms with Gasteiger partial charge in [-0.25, -0.2) is 0 Å². The monoisotopic (exact) mass is 294 g/mol. The molecule has 1 heterocycles. The summed E-state index contributed by atoms with van der Waals surface area (Å²) in [6, 6.07) is -0.519. The number of carbonyl (C=O) groups excluding carboxylic acids is 1. The maximum atomic E-state index is 12.5. The average Bonchev–Trinajstić information content (AvgIpc) is 2.95. The Kier molecular flexibility index (Phi) is 5.39. The van der Waals surface area contributed by atoms with Crippen LogP contribution >= 0.6 is 0 Å². The average molecular weight is 294 g/mol. The third kappa shape index (κ3) is 3.84. The van der Waals surface area contributed by atoms with Crippen molar-refractivity contribution in [1.82, 2.24) is 9.80 Å². The Bertz CT molecular complexity index is 433. The van der Waals surface area contributed by atoms with E-state index in [1.807, 2.05) is 16.7 Å². The van der Waals surface area contributed by atoms with Crippen molar-refractivity contribution >= 4 is 11.9 Å². The molecule has 1 aliphatic heterocycles. The predicted molar refractivity (Wildman–Crippen MR) is 80.7 cm³/mol. The lowest BCUT2D eigenvalue weighted by Crippen LogP contribution is -2.51. The summed E-state index contributed by atoms with van der Waals surface area (Å²) in [6.07, 6.45) is 6.84. The third-order valence-electron chi connectivity index (χ3n) is 4.58. The number of carboxylic acid groups (broad SMARTS) is 1. The molecule has 0 aromatic carbocycles. The lowest BCUT2D eigenvalue weighted by molar-refractivity contribution is -0.146. The summed E-state index contributed by atoms with van der Waals surface area (Å²) in [7, 11) is 0. The summed E-state index contributed by atoms with van der Waals surface area (Å²) in [5.41, 5.74) is 1.11. The molecule has 0 bridgehead atoms. The maximum Gasteiger partial charge on any atom is 0.320 e. The first kappa shape index (κ1) is 16.0. The van der Waals surface area contributed by atoms with Crippen LogP contribution in [0.5, 0.6) is 0 Å². The molecule has 0 radical (unpaired) electrons. The lowest BCUT2D eigenvalue weighted by atomic mass is 9.92. The molecular weight excluding hydrogens is 268 g/mol. The van der Waals surface area contributed by atoms with Gasteiger partial charge in [0, 0.05) is 12.2 Å². The van der Waals surface area contributed by atoms with Crippen molar-refractivity contribution in [2.24, 2.45) is 5.92 Å². The molecule has 0 saturated carbocycles. The van der Waals surface area contributed by atoms with Gasteiger partial charge in [0.05, 0.1) is 6.54 Å². The molecule has 1 amide bonds. The molecule has 118 valence electrons. The first-order valence-corrected chi connectivity index (χ1v) is 7.99. The molecule has 2 rings (SSSR count). The van der Waals surface area contributed by atoms with Crippen molar-refractivity contribution in [3.05, 3.63) is 11.8 Å². The minimum absolute atomic E-state index is 0.0338. The largest absolute Gasteiger partial charge is 0.480 e. The molecule has 5 heteroatoms. The number of carbonyl (C=O) groups is 2. The first-order chi connectivity index (χ1) is 10.0. The zero-order chi connectivity index (χ0) is 15.4. The van der Waals surface area contributed by atoms with Crippen LogP contribution in [0.4, 0.5) is 0 Å². The minimum Gasteiger partial charge on any atom is -0.480 e.